The van der Waals surface area contributed by atoms with Crippen molar-refractivity contribution < 1.29 is 14.4 Å². The van der Waals surface area contributed by atoms with Crippen LogP contribution in [-0.2, 0) is 9.59 Å². The van der Waals surface area contributed by atoms with Crippen molar-refractivity contribution in [1.82, 2.24) is 9.47 Å². The molecule has 2 heterocycles. The first-order valence-electron chi connectivity index (χ1n) is 9.99. The fourth-order valence-corrected chi connectivity index (χ4v) is 4.86. The summed E-state index contributed by atoms with van der Waals surface area (Å²) >= 11 is 10.2. The average molecular weight is 545 g/mol. The van der Waals surface area contributed by atoms with Crippen LogP contribution in [-0.4, -0.2) is 33.1 Å². The van der Waals surface area contributed by atoms with Gasteiger partial charge in [0.15, 0.2) is 0 Å². The minimum atomic E-state index is -0.487. The number of carbonyl (C=O) groups excluding carboxylic acids is 3. The van der Waals surface area contributed by atoms with Gasteiger partial charge in [-0.25, -0.2) is 0 Å². The number of halogens is 2. The minimum absolute atomic E-state index is 0.285. The Hall–Kier alpha value is -2.81. The molecule has 0 bridgehead atoms. The van der Waals surface area contributed by atoms with E-state index in [1.54, 1.807) is 24.3 Å². The number of thioether (sulfide) groups is 1. The van der Waals surface area contributed by atoms with Crippen molar-refractivity contribution in [2.45, 2.75) is 13.8 Å². The molecule has 0 spiro atoms. The van der Waals surface area contributed by atoms with Crippen molar-refractivity contribution in [3.8, 4) is 5.69 Å². The SMILES string of the molecule is Cc1cc(/C=C2/SC(=O)N(CC(=O)Nc3ccc(Br)c(Cl)c3)C2=O)c(C)n1-c1ccccc1. The molecule has 0 saturated carbocycles. The van der Waals surface area contributed by atoms with E-state index in [1.807, 2.05) is 50.2 Å². The number of aromatic nitrogens is 1. The van der Waals surface area contributed by atoms with Crippen LogP contribution >= 0.6 is 39.3 Å². The first-order valence-corrected chi connectivity index (χ1v) is 12.0. The Balaban J connectivity index is 1.51. The zero-order valence-electron chi connectivity index (χ0n) is 17.8. The van der Waals surface area contributed by atoms with Gasteiger partial charge in [-0.1, -0.05) is 29.8 Å². The average Bonchev–Trinajstić information content (AvgIpc) is 3.20. The third-order valence-corrected chi connectivity index (χ3v) is 7.29. The minimum Gasteiger partial charge on any atom is -0.324 e. The zero-order valence-corrected chi connectivity index (χ0v) is 20.9. The molecule has 3 aromatic rings. The van der Waals surface area contributed by atoms with Gasteiger partial charge in [-0.15, -0.1) is 0 Å². The molecule has 1 fully saturated rings. The number of para-hydroxylation sites is 1. The molecule has 1 saturated heterocycles. The van der Waals surface area contributed by atoms with Crippen molar-refractivity contribution in [3.05, 3.63) is 85.9 Å². The molecular formula is C24H19BrClN3O3S. The quantitative estimate of drug-likeness (QED) is 0.389. The molecule has 0 atom stereocenters. The van der Waals surface area contributed by atoms with Gasteiger partial charge < -0.3 is 9.88 Å². The Morgan fingerprint density at radius 3 is 2.55 bits per heavy atom. The number of aryl methyl sites for hydroxylation is 1. The van der Waals surface area contributed by atoms with Crippen LogP contribution in [0.5, 0.6) is 0 Å². The van der Waals surface area contributed by atoms with Gasteiger partial charge in [-0.05, 0) is 89.6 Å². The van der Waals surface area contributed by atoms with Gasteiger partial charge in [0.1, 0.15) is 6.54 Å². The highest BCUT2D eigenvalue weighted by atomic mass is 79.9. The van der Waals surface area contributed by atoms with E-state index in [2.05, 4.69) is 25.8 Å². The molecule has 33 heavy (non-hydrogen) atoms. The molecule has 0 unspecified atom stereocenters. The second kappa shape index (κ2) is 9.59. The molecular weight excluding hydrogens is 526 g/mol. The Bertz CT molecular complexity index is 1300. The Morgan fingerprint density at radius 2 is 1.85 bits per heavy atom. The predicted octanol–water partition coefficient (Wildman–Crippen LogP) is 6.19. The molecule has 1 aliphatic heterocycles. The number of nitrogens with zero attached hydrogens (tertiary/aromatic N) is 2. The van der Waals surface area contributed by atoms with Gasteiger partial charge in [0.2, 0.25) is 5.91 Å². The van der Waals surface area contributed by atoms with Gasteiger partial charge in [0.05, 0.1) is 9.93 Å². The zero-order chi connectivity index (χ0) is 23.7. The van der Waals surface area contributed by atoms with Gasteiger partial charge in [-0.3, -0.25) is 19.3 Å². The second-order valence-corrected chi connectivity index (χ2v) is 9.70. The van der Waals surface area contributed by atoms with E-state index in [9.17, 15) is 14.4 Å². The molecule has 6 nitrogen and oxygen atoms in total. The van der Waals surface area contributed by atoms with Crippen LogP contribution < -0.4 is 5.32 Å². The summed E-state index contributed by atoms with van der Waals surface area (Å²) in [7, 11) is 0. The number of benzene rings is 2. The lowest BCUT2D eigenvalue weighted by Crippen LogP contribution is -2.36. The van der Waals surface area contributed by atoms with E-state index in [0.717, 1.165) is 39.3 Å². The number of rotatable bonds is 5. The summed E-state index contributed by atoms with van der Waals surface area (Å²) in [5.41, 5.74) is 4.30. The molecule has 9 heteroatoms. The predicted molar refractivity (Wildman–Crippen MR) is 136 cm³/mol. The van der Waals surface area contributed by atoms with E-state index in [1.165, 1.54) is 0 Å². The van der Waals surface area contributed by atoms with Crippen LogP contribution in [0.2, 0.25) is 5.02 Å². The van der Waals surface area contributed by atoms with Gasteiger partial charge in [0, 0.05) is 27.2 Å². The smallest absolute Gasteiger partial charge is 0.294 e. The maximum Gasteiger partial charge on any atom is 0.294 e. The summed E-state index contributed by atoms with van der Waals surface area (Å²) in [5, 5.41) is 2.62. The summed E-state index contributed by atoms with van der Waals surface area (Å²) in [5.74, 6) is -0.974. The first-order chi connectivity index (χ1) is 15.7. The van der Waals surface area contributed by atoms with Crippen LogP contribution in [0.3, 0.4) is 0 Å². The van der Waals surface area contributed by atoms with Crippen molar-refractivity contribution in [2.24, 2.45) is 0 Å². The Morgan fingerprint density at radius 1 is 1.12 bits per heavy atom. The fraction of sp³-hybridized carbons (Fsp3) is 0.125. The van der Waals surface area contributed by atoms with Crippen molar-refractivity contribution in [1.29, 1.82) is 0 Å². The number of nitrogens with one attached hydrogen (secondary N) is 1. The standard InChI is InChI=1S/C24H19BrClN3O3S/c1-14-10-16(15(2)29(14)18-6-4-3-5-7-18)11-21-23(31)28(24(32)33-21)13-22(30)27-17-8-9-19(25)20(26)12-17/h3-12H,13H2,1-2H3,(H,27,30)/b21-11+. The molecule has 4 rings (SSSR count). The lowest BCUT2D eigenvalue weighted by atomic mass is 10.2. The molecule has 0 radical (unpaired) electrons. The van der Waals surface area contributed by atoms with E-state index in [4.69, 9.17) is 11.6 Å². The van der Waals surface area contributed by atoms with Crippen molar-refractivity contribution in [3.63, 3.8) is 0 Å². The lowest BCUT2D eigenvalue weighted by molar-refractivity contribution is -0.127. The fourth-order valence-electron chi connectivity index (χ4n) is 3.60. The topological polar surface area (TPSA) is 71.4 Å². The number of anilines is 1. The van der Waals surface area contributed by atoms with Gasteiger partial charge in [-0.2, -0.15) is 0 Å². The second-order valence-electron chi connectivity index (χ2n) is 7.44. The number of carbonyl (C=O) groups is 3. The summed E-state index contributed by atoms with van der Waals surface area (Å²) in [6.07, 6.45) is 1.71. The summed E-state index contributed by atoms with van der Waals surface area (Å²) in [6, 6.07) is 16.8. The highest BCUT2D eigenvalue weighted by molar-refractivity contribution is 9.10. The number of hydrogen-bond acceptors (Lipinski definition) is 4. The molecule has 2 aromatic carbocycles. The first kappa shape index (κ1) is 23.4. The molecule has 3 amide bonds. The highest BCUT2D eigenvalue weighted by Crippen LogP contribution is 2.34. The summed E-state index contributed by atoms with van der Waals surface area (Å²) in [6.45, 7) is 3.58. The molecule has 1 N–H and O–H groups in total. The van der Waals surface area contributed by atoms with Crippen LogP contribution in [0.15, 0.2) is 64.0 Å². The van der Waals surface area contributed by atoms with Crippen LogP contribution in [0.25, 0.3) is 11.8 Å². The molecule has 1 aliphatic rings. The van der Waals surface area contributed by atoms with E-state index in [-0.39, 0.29) is 11.4 Å². The normalized spacial score (nSPS) is 14.9. The van der Waals surface area contributed by atoms with Crippen molar-refractivity contribution >= 4 is 68.1 Å². The van der Waals surface area contributed by atoms with Crippen LogP contribution in [0.4, 0.5) is 10.5 Å². The van der Waals surface area contributed by atoms with Gasteiger partial charge >= 0.3 is 0 Å². The van der Waals surface area contributed by atoms with Crippen LogP contribution in [0.1, 0.15) is 17.0 Å². The Kier molecular flexibility index (Phi) is 6.78. The molecule has 168 valence electrons. The third kappa shape index (κ3) is 4.93. The Labute approximate surface area is 208 Å². The number of hydrogen-bond donors (Lipinski definition) is 1. The monoisotopic (exact) mass is 543 g/mol. The number of amides is 3. The highest BCUT2D eigenvalue weighted by Gasteiger charge is 2.36. The number of imide groups is 1. The molecule has 0 aliphatic carbocycles. The van der Waals surface area contributed by atoms with E-state index in [0.29, 0.717) is 15.2 Å². The third-order valence-electron chi connectivity index (χ3n) is 5.15. The van der Waals surface area contributed by atoms with E-state index < -0.39 is 17.1 Å². The van der Waals surface area contributed by atoms with Crippen molar-refractivity contribution in [2.75, 3.05) is 11.9 Å². The van der Waals surface area contributed by atoms with Gasteiger partial charge in [0.25, 0.3) is 11.1 Å². The maximum atomic E-state index is 12.9. The lowest BCUT2D eigenvalue weighted by Gasteiger charge is -2.12. The summed E-state index contributed by atoms with van der Waals surface area (Å²) < 4.78 is 2.79. The van der Waals surface area contributed by atoms with Crippen LogP contribution in [0, 0.1) is 13.8 Å². The summed E-state index contributed by atoms with van der Waals surface area (Å²) in [4.78, 5) is 39.0. The largest absolute Gasteiger partial charge is 0.324 e. The molecule has 1 aromatic heterocycles. The maximum absolute atomic E-state index is 12.9. The van der Waals surface area contributed by atoms with E-state index >= 15 is 0 Å².